The van der Waals surface area contributed by atoms with E-state index in [9.17, 15) is 14.3 Å². The van der Waals surface area contributed by atoms with Crippen LogP contribution in [0.5, 0.6) is 5.75 Å². The van der Waals surface area contributed by atoms with Gasteiger partial charge < -0.3 is 9.84 Å². The number of aromatic nitrogens is 3. The number of nitrogens with zero attached hydrogens (tertiary/aromatic N) is 2. The number of carbonyl (C=O) groups is 1. The van der Waals surface area contributed by atoms with Gasteiger partial charge in [0.2, 0.25) is 5.16 Å². The molecule has 0 unspecified atom stereocenters. The fraction of sp³-hybridized carbons (Fsp3) is 0.105. The number of hydrogen-bond donors (Lipinski definition) is 2. The fourth-order valence-electron chi connectivity index (χ4n) is 2.22. The van der Waals surface area contributed by atoms with E-state index in [2.05, 4.69) is 31.1 Å². The van der Waals surface area contributed by atoms with Crippen LogP contribution in [-0.4, -0.2) is 26.3 Å². The van der Waals surface area contributed by atoms with Crippen LogP contribution in [0.2, 0.25) is 0 Å². The van der Waals surface area contributed by atoms with E-state index < -0.39 is 5.97 Å². The molecule has 0 radical (unpaired) electrons. The number of aliphatic carboxylic acids is 1. The highest BCUT2D eigenvalue weighted by atomic mass is 79.9. The number of nitrogens with one attached hydrogen (secondary N) is 1. The third kappa shape index (κ3) is 5.43. The Morgan fingerprint density at radius 3 is 2.68 bits per heavy atom. The summed E-state index contributed by atoms with van der Waals surface area (Å²) >= 11 is 4.39. The highest BCUT2D eigenvalue weighted by Gasteiger charge is 2.13. The maximum atomic E-state index is 13.0. The van der Waals surface area contributed by atoms with Crippen molar-refractivity contribution in [3.8, 4) is 5.75 Å². The Labute approximate surface area is 173 Å². The zero-order valence-corrected chi connectivity index (χ0v) is 17.1. The number of hydrogen-bond acceptors (Lipinski definition) is 5. The molecule has 0 aliphatic heterocycles. The maximum Gasteiger partial charge on any atom is 0.342 e. The van der Waals surface area contributed by atoms with Gasteiger partial charge in [-0.15, -0.1) is 5.10 Å². The van der Waals surface area contributed by atoms with Crippen LogP contribution in [0.15, 0.2) is 57.0 Å². The van der Waals surface area contributed by atoms with Gasteiger partial charge in [0.1, 0.15) is 28.9 Å². The van der Waals surface area contributed by atoms with Crippen molar-refractivity contribution in [2.75, 3.05) is 0 Å². The Morgan fingerprint density at radius 2 is 2.07 bits per heavy atom. The summed E-state index contributed by atoms with van der Waals surface area (Å²) in [6.45, 7) is 2.03. The van der Waals surface area contributed by atoms with Crippen molar-refractivity contribution in [3.05, 3.63) is 74.6 Å². The number of H-pyrrole nitrogens is 1. The second-order valence-electron chi connectivity index (χ2n) is 5.72. The van der Waals surface area contributed by atoms with Gasteiger partial charge in [-0.2, -0.15) is 0 Å². The van der Waals surface area contributed by atoms with Crippen LogP contribution in [0.25, 0.3) is 6.08 Å². The molecule has 0 fully saturated rings. The molecule has 3 aromatic rings. The van der Waals surface area contributed by atoms with Crippen LogP contribution in [0.4, 0.5) is 4.39 Å². The molecule has 0 aliphatic rings. The van der Waals surface area contributed by atoms with Crippen LogP contribution in [0.1, 0.15) is 17.0 Å². The number of halogens is 2. The van der Waals surface area contributed by atoms with Crippen molar-refractivity contribution >= 4 is 39.7 Å². The van der Waals surface area contributed by atoms with Crippen molar-refractivity contribution in [1.82, 2.24) is 15.2 Å². The molecule has 1 aromatic heterocycles. The van der Waals surface area contributed by atoms with Crippen molar-refractivity contribution in [2.45, 2.75) is 18.7 Å². The summed E-state index contributed by atoms with van der Waals surface area (Å²) in [6.07, 6.45) is 1.53. The Hall–Kier alpha value is -2.65. The summed E-state index contributed by atoms with van der Waals surface area (Å²) in [7, 11) is 0. The van der Waals surface area contributed by atoms with Crippen LogP contribution in [0, 0.1) is 12.7 Å². The highest BCUT2D eigenvalue weighted by Crippen LogP contribution is 2.30. The molecule has 6 nitrogen and oxygen atoms in total. The van der Waals surface area contributed by atoms with Gasteiger partial charge in [0.25, 0.3) is 0 Å². The molecule has 9 heteroatoms. The van der Waals surface area contributed by atoms with Crippen molar-refractivity contribution in [2.24, 2.45) is 0 Å². The molecule has 28 heavy (non-hydrogen) atoms. The molecule has 0 spiro atoms. The molecule has 0 atom stereocenters. The molecule has 0 aliphatic carbocycles. The molecule has 0 amide bonds. The summed E-state index contributed by atoms with van der Waals surface area (Å²) in [5, 5.41) is 16.4. The molecule has 2 aromatic carbocycles. The number of carboxylic acid groups (broad SMARTS) is 1. The normalized spacial score (nSPS) is 11.5. The monoisotopic (exact) mass is 463 g/mol. The summed E-state index contributed by atoms with van der Waals surface area (Å²) in [6, 6.07) is 11.3. The maximum absolute atomic E-state index is 13.0. The summed E-state index contributed by atoms with van der Waals surface area (Å²) in [5.41, 5.74) is 1.52. The zero-order chi connectivity index (χ0) is 20.1. The minimum absolute atomic E-state index is 0.0888. The predicted octanol–water partition coefficient (Wildman–Crippen LogP) is 4.81. The molecule has 0 saturated carbocycles. The number of thioether (sulfide) groups is 1. The lowest BCUT2D eigenvalue weighted by Crippen LogP contribution is -1.98. The third-order valence-corrected chi connectivity index (χ3v) is 5.05. The van der Waals surface area contributed by atoms with E-state index in [1.807, 2.05) is 0 Å². The average molecular weight is 464 g/mol. The second-order valence-corrected chi connectivity index (χ2v) is 7.59. The predicted molar refractivity (Wildman–Crippen MR) is 107 cm³/mol. The lowest BCUT2D eigenvalue weighted by molar-refractivity contribution is -0.131. The molecule has 2 N–H and O–H groups in total. The van der Waals surface area contributed by atoms with Crippen LogP contribution >= 0.6 is 27.7 Å². The van der Waals surface area contributed by atoms with Gasteiger partial charge in [0, 0.05) is 0 Å². The molecule has 0 saturated heterocycles. The smallest absolute Gasteiger partial charge is 0.342 e. The van der Waals surface area contributed by atoms with E-state index in [0.29, 0.717) is 26.8 Å². The Bertz CT molecular complexity index is 1020. The van der Waals surface area contributed by atoms with Gasteiger partial charge in [-0.1, -0.05) is 18.2 Å². The van der Waals surface area contributed by atoms with E-state index in [1.54, 1.807) is 37.3 Å². The number of rotatable bonds is 7. The first-order valence-corrected chi connectivity index (χ1v) is 9.70. The highest BCUT2D eigenvalue weighted by molar-refractivity contribution is 9.10. The Morgan fingerprint density at radius 1 is 1.32 bits per heavy atom. The quantitative estimate of drug-likeness (QED) is 0.386. The van der Waals surface area contributed by atoms with Gasteiger partial charge in [-0.05, 0) is 76.1 Å². The van der Waals surface area contributed by atoms with E-state index in [1.165, 1.54) is 18.2 Å². The zero-order valence-electron chi connectivity index (χ0n) is 14.6. The van der Waals surface area contributed by atoms with E-state index in [-0.39, 0.29) is 17.3 Å². The first kappa shape index (κ1) is 20.1. The molecule has 1 heterocycles. The number of benzene rings is 2. The lowest BCUT2D eigenvalue weighted by atomic mass is 10.2. The van der Waals surface area contributed by atoms with Gasteiger partial charge >= 0.3 is 5.97 Å². The molecule has 0 bridgehead atoms. The SMILES string of the molecule is Cc1nc(S/C(=C\c2ccc(OCc3ccc(F)cc3)c(Br)c2)C(=O)O)n[nH]1. The van der Waals surface area contributed by atoms with Gasteiger partial charge in [0.05, 0.1) is 4.47 Å². The Kier molecular flexibility index (Phi) is 6.48. The standard InChI is InChI=1S/C19H15BrFN3O3S/c1-11-22-19(24-23-11)28-17(18(25)26)9-13-4-7-16(15(20)8-13)27-10-12-2-5-14(21)6-3-12/h2-9H,10H2,1H3,(H,25,26)(H,22,23,24)/b17-9-. The number of aromatic amines is 1. The van der Waals surface area contributed by atoms with E-state index >= 15 is 0 Å². The number of aryl methyl sites for hydroxylation is 1. The average Bonchev–Trinajstić information content (AvgIpc) is 3.06. The first-order valence-electron chi connectivity index (χ1n) is 8.09. The van der Waals surface area contributed by atoms with Gasteiger partial charge in [-0.3, -0.25) is 5.10 Å². The van der Waals surface area contributed by atoms with Crippen molar-refractivity contribution < 1.29 is 19.0 Å². The van der Waals surface area contributed by atoms with Crippen LogP contribution in [-0.2, 0) is 11.4 Å². The first-order chi connectivity index (χ1) is 13.4. The molecule has 144 valence electrons. The van der Waals surface area contributed by atoms with Crippen molar-refractivity contribution in [1.29, 1.82) is 0 Å². The van der Waals surface area contributed by atoms with E-state index in [4.69, 9.17) is 4.74 Å². The summed E-state index contributed by atoms with van der Waals surface area (Å²) in [4.78, 5) is 15.7. The fourth-order valence-corrected chi connectivity index (χ4v) is 3.48. The van der Waals surface area contributed by atoms with Crippen LogP contribution in [0.3, 0.4) is 0 Å². The minimum Gasteiger partial charge on any atom is -0.488 e. The Balaban J connectivity index is 1.73. The summed E-state index contributed by atoms with van der Waals surface area (Å²) in [5.74, 6) is -0.165. The topological polar surface area (TPSA) is 88.1 Å². The third-order valence-electron chi connectivity index (χ3n) is 3.55. The molecule has 3 rings (SSSR count). The lowest BCUT2D eigenvalue weighted by Gasteiger charge is -2.09. The van der Waals surface area contributed by atoms with Crippen LogP contribution < -0.4 is 4.74 Å². The van der Waals surface area contributed by atoms with Crippen molar-refractivity contribution in [3.63, 3.8) is 0 Å². The van der Waals surface area contributed by atoms with Gasteiger partial charge in [-0.25, -0.2) is 14.2 Å². The molecular weight excluding hydrogens is 449 g/mol. The largest absolute Gasteiger partial charge is 0.488 e. The molecular formula is C19H15BrFN3O3S. The summed E-state index contributed by atoms with van der Waals surface area (Å²) < 4.78 is 19.4. The minimum atomic E-state index is -1.07. The number of ether oxygens (including phenoxy) is 1. The van der Waals surface area contributed by atoms with E-state index in [0.717, 1.165) is 17.3 Å². The van der Waals surface area contributed by atoms with Gasteiger partial charge in [0.15, 0.2) is 0 Å². The second kappa shape index (κ2) is 9.03. The number of carboxylic acids is 1.